The van der Waals surface area contributed by atoms with Gasteiger partial charge >= 0.3 is 0 Å². The quantitative estimate of drug-likeness (QED) is 0.882. The summed E-state index contributed by atoms with van der Waals surface area (Å²) in [5.74, 6) is 0.855. The highest BCUT2D eigenvalue weighted by molar-refractivity contribution is 5.89. The zero-order valence-electron chi connectivity index (χ0n) is 14.4. The van der Waals surface area contributed by atoms with Crippen LogP contribution in [0.25, 0.3) is 11.0 Å². The number of hydrogen-bond donors (Lipinski definition) is 2. The third-order valence-electron chi connectivity index (χ3n) is 4.54. The average molecular weight is 327 g/mol. The van der Waals surface area contributed by atoms with E-state index in [-0.39, 0.29) is 5.91 Å². The lowest BCUT2D eigenvalue weighted by Crippen LogP contribution is -2.36. The first-order valence-corrected chi connectivity index (χ1v) is 8.75. The lowest BCUT2D eigenvalue weighted by atomic mass is 9.95. The summed E-state index contributed by atoms with van der Waals surface area (Å²) in [6.45, 7) is 4.54. The Kier molecular flexibility index (Phi) is 5.23. The number of pyridine rings is 1. The van der Waals surface area contributed by atoms with Gasteiger partial charge < -0.3 is 10.6 Å². The number of aromatic nitrogens is 3. The smallest absolute Gasteiger partial charge is 0.221 e. The van der Waals surface area contributed by atoms with Gasteiger partial charge in [-0.25, -0.2) is 15.0 Å². The SMILES string of the molecule is Cc1cc(C)c2c(NCCC(=O)NC3CCCCC3)ncnc2n1. The van der Waals surface area contributed by atoms with E-state index < -0.39 is 0 Å². The Hall–Kier alpha value is -2.24. The monoisotopic (exact) mass is 327 g/mol. The second kappa shape index (κ2) is 7.55. The molecule has 1 aliphatic carbocycles. The zero-order chi connectivity index (χ0) is 16.9. The summed E-state index contributed by atoms with van der Waals surface area (Å²) in [7, 11) is 0. The molecule has 0 bridgehead atoms. The van der Waals surface area contributed by atoms with E-state index in [0.29, 0.717) is 24.7 Å². The van der Waals surface area contributed by atoms with Crippen molar-refractivity contribution in [3.63, 3.8) is 0 Å². The highest BCUT2D eigenvalue weighted by Crippen LogP contribution is 2.22. The molecule has 2 aromatic rings. The van der Waals surface area contributed by atoms with Crippen LogP contribution in [-0.2, 0) is 4.79 Å². The summed E-state index contributed by atoms with van der Waals surface area (Å²) < 4.78 is 0. The maximum Gasteiger partial charge on any atom is 0.221 e. The number of carbonyl (C=O) groups excluding carboxylic acids is 1. The minimum absolute atomic E-state index is 0.110. The van der Waals surface area contributed by atoms with Gasteiger partial charge in [0.05, 0.1) is 5.39 Å². The molecule has 0 unspecified atom stereocenters. The van der Waals surface area contributed by atoms with Crippen LogP contribution in [0.2, 0.25) is 0 Å². The van der Waals surface area contributed by atoms with Crippen molar-refractivity contribution in [1.82, 2.24) is 20.3 Å². The lowest BCUT2D eigenvalue weighted by Gasteiger charge is -2.22. The van der Waals surface area contributed by atoms with Crippen molar-refractivity contribution in [2.45, 2.75) is 58.4 Å². The number of nitrogens with zero attached hydrogens (tertiary/aromatic N) is 3. The van der Waals surface area contributed by atoms with Crippen molar-refractivity contribution < 1.29 is 4.79 Å². The minimum atomic E-state index is 0.110. The maximum atomic E-state index is 12.1. The summed E-state index contributed by atoms with van der Waals surface area (Å²) in [5.41, 5.74) is 2.72. The van der Waals surface area contributed by atoms with Gasteiger partial charge in [-0.05, 0) is 38.3 Å². The third kappa shape index (κ3) is 3.99. The fourth-order valence-electron chi connectivity index (χ4n) is 3.38. The average Bonchev–Trinajstić information content (AvgIpc) is 2.55. The number of hydrogen-bond acceptors (Lipinski definition) is 5. The van der Waals surface area contributed by atoms with Crippen LogP contribution in [0.5, 0.6) is 0 Å². The molecule has 6 nitrogen and oxygen atoms in total. The van der Waals surface area contributed by atoms with E-state index in [1.807, 2.05) is 19.9 Å². The van der Waals surface area contributed by atoms with Crippen LogP contribution in [0, 0.1) is 13.8 Å². The molecule has 0 saturated heterocycles. The van der Waals surface area contributed by atoms with E-state index in [2.05, 4.69) is 25.6 Å². The molecule has 2 aromatic heterocycles. The van der Waals surface area contributed by atoms with Crippen molar-refractivity contribution in [2.24, 2.45) is 0 Å². The zero-order valence-corrected chi connectivity index (χ0v) is 14.4. The first kappa shape index (κ1) is 16.6. The molecule has 1 fully saturated rings. The van der Waals surface area contributed by atoms with Crippen molar-refractivity contribution in [3.05, 3.63) is 23.7 Å². The number of anilines is 1. The van der Waals surface area contributed by atoms with Crippen LogP contribution in [0.4, 0.5) is 5.82 Å². The Morgan fingerprint density at radius 3 is 2.79 bits per heavy atom. The molecule has 0 atom stereocenters. The van der Waals surface area contributed by atoms with Gasteiger partial charge in [-0.3, -0.25) is 4.79 Å². The molecule has 3 rings (SSSR count). The van der Waals surface area contributed by atoms with Gasteiger partial charge in [0.25, 0.3) is 0 Å². The second-order valence-electron chi connectivity index (χ2n) is 6.58. The van der Waals surface area contributed by atoms with Gasteiger partial charge in [-0.2, -0.15) is 0 Å². The maximum absolute atomic E-state index is 12.1. The minimum Gasteiger partial charge on any atom is -0.369 e. The van der Waals surface area contributed by atoms with E-state index in [0.717, 1.165) is 35.3 Å². The molecule has 2 N–H and O–H groups in total. The van der Waals surface area contributed by atoms with Crippen molar-refractivity contribution in [2.75, 3.05) is 11.9 Å². The number of fused-ring (bicyclic) bond motifs is 1. The number of nitrogens with one attached hydrogen (secondary N) is 2. The number of rotatable bonds is 5. The van der Waals surface area contributed by atoms with Crippen LogP contribution in [-0.4, -0.2) is 33.4 Å². The highest BCUT2D eigenvalue weighted by Gasteiger charge is 2.15. The van der Waals surface area contributed by atoms with Crippen LogP contribution < -0.4 is 10.6 Å². The summed E-state index contributed by atoms with van der Waals surface area (Å²) >= 11 is 0. The van der Waals surface area contributed by atoms with Gasteiger partial charge in [0.2, 0.25) is 5.91 Å². The summed E-state index contributed by atoms with van der Waals surface area (Å²) in [6, 6.07) is 2.38. The van der Waals surface area contributed by atoms with Gasteiger partial charge in [0, 0.05) is 24.7 Å². The Morgan fingerprint density at radius 2 is 2.00 bits per heavy atom. The molecule has 0 aromatic carbocycles. The molecule has 1 amide bonds. The largest absolute Gasteiger partial charge is 0.369 e. The normalized spacial score (nSPS) is 15.4. The van der Waals surface area contributed by atoms with Gasteiger partial charge in [-0.1, -0.05) is 19.3 Å². The molecule has 1 saturated carbocycles. The van der Waals surface area contributed by atoms with Crippen LogP contribution in [0.3, 0.4) is 0 Å². The number of aryl methyl sites for hydroxylation is 2. The molecular formula is C18H25N5O. The second-order valence-corrected chi connectivity index (χ2v) is 6.58. The Balaban J connectivity index is 1.58. The van der Waals surface area contributed by atoms with Crippen molar-refractivity contribution in [3.8, 4) is 0 Å². The Labute approximate surface area is 142 Å². The van der Waals surface area contributed by atoms with Crippen LogP contribution in [0.1, 0.15) is 49.8 Å². The standard InChI is InChI=1S/C18H25N5O/c1-12-10-13(2)22-18-16(12)17(20-11-21-18)19-9-8-15(24)23-14-6-4-3-5-7-14/h10-11,14H,3-9H2,1-2H3,(H,23,24)(H,19,20,21,22). The third-order valence-corrected chi connectivity index (χ3v) is 4.54. The first-order chi connectivity index (χ1) is 11.6. The van der Waals surface area contributed by atoms with Crippen molar-refractivity contribution in [1.29, 1.82) is 0 Å². The molecule has 0 aliphatic heterocycles. The number of amides is 1. The topological polar surface area (TPSA) is 79.8 Å². The predicted octanol–water partition coefficient (Wildman–Crippen LogP) is 2.89. The van der Waals surface area contributed by atoms with E-state index in [4.69, 9.17) is 0 Å². The van der Waals surface area contributed by atoms with Crippen LogP contribution in [0.15, 0.2) is 12.4 Å². The summed E-state index contributed by atoms with van der Waals surface area (Å²) in [5, 5.41) is 7.33. The van der Waals surface area contributed by atoms with E-state index in [9.17, 15) is 4.79 Å². The molecule has 1 aliphatic rings. The molecule has 0 spiro atoms. The fraction of sp³-hybridized carbons (Fsp3) is 0.556. The molecule has 24 heavy (non-hydrogen) atoms. The molecule has 128 valence electrons. The predicted molar refractivity (Wildman–Crippen MR) is 94.9 cm³/mol. The fourth-order valence-corrected chi connectivity index (χ4v) is 3.38. The van der Waals surface area contributed by atoms with Gasteiger partial charge in [0.1, 0.15) is 12.1 Å². The van der Waals surface area contributed by atoms with Gasteiger partial charge in [-0.15, -0.1) is 0 Å². The number of carbonyl (C=O) groups is 1. The van der Waals surface area contributed by atoms with E-state index in [1.165, 1.54) is 25.6 Å². The van der Waals surface area contributed by atoms with E-state index >= 15 is 0 Å². The highest BCUT2D eigenvalue weighted by atomic mass is 16.1. The lowest BCUT2D eigenvalue weighted by molar-refractivity contribution is -0.121. The van der Waals surface area contributed by atoms with Crippen LogP contribution >= 0.6 is 0 Å². The Bertz CT molecular complexity index is 725. The summed E-state index contributed by atoms with van der Waals surface area (Å²) in [4.78, 5) is 25.1. The first-order valence-electron chi connectivity index (χ1n) is 8.75. The molecular weight excluding hydrogens is 302 g/mol. The molecule has 2 heterocycles. The van der Waals surface area contributed by atoms with E-state index in [1.54, 1.807) is 0 Å². The summed E-state index contributed by atoms with van der Waals surface area (Å²) in [6.07, 6.45) is 7.92. The molecule has 0 radical (unpaired) electrons. The molecule has 6 heteroatoms. The van der Waals surface area contributed by atoms with Crippen molar-refractivity contribution >= 4 is 22.8 Å². The Morgan fingerprint density at radius 1 is 1.21 bits per heavy atom. The van der Waals surface area contributed by atoms with Gasteiger partial charge in [0.15, 0.2) is 5.65 Å².